The van der Waals surface area contributed by atoms with Crippen LogP contribution in [-0.2, 0) is 25.5 Å². The predicted octanol–water partition coefficient (Wildman–Crippen LogP) is 4.32. The van der Waals surface area contributed by atoms with Gasteiger partial charge in [0.2, 0.25) is 17.7 Å². The van der Waals surface area contributed by atoms with Gasteiger partial charge in [-0.3, -0.25) is 19.3 Å². The Bertz CT molecular complexity index is 1250. The number of nitrogens with zero attached hydrogens (tertiary/aromatic N) is 2. The van der Waals surface area contributed by atoms with Crippen molar-refractivity contribution in [3.05, 3.63) is 40.9 Å². The maximum absolute atomic E-state index is 13.8. The standard InChI is InChI=1S/C33H49N5O4S/c1-5-30(39)35-27(20-31-36-26-12-11-25(22(2)3)19-29(26)43-31)33(41)37-28(24-9-7-6-8-10-24)21-34-32(40)23(4)13-14-38-15-17-42-18-16-38/h11-12,19,22,24,27-28H,4-10,13-18,20-21H2,1-3H3,(H,34,40)(H,35,39)(H,37,41). The van der Waals surface area contributed by atoms with Gasteiger partial charge in [0.05, 0.1) is 28.4 Å². The summed E-state index contributed by atoms with van der Waals surface area (Å²) >= 11 is 1.57. The summed E-state index contributed by atoms with van der Waals surface area (Å²) in [6.45, 7) is 14.4. The van der Waals surface area contributed by atoms with Crippen LogP contribution in [0.3, 0.4) is 0 Å². The Balaban J connectivity index is 1.41. The first-order valence-corrected chi connectivity index (χ1v) is 16.8. The minimum absolute atomic E-state index is 0.172. The van der Waals surface area contributed by atoms with Crippen LogP contribution < -0.4 is 16.0 Å². The first kappa shape index (κ1) is 33.1. The Hall–Kier alpha value is -2.82. The topological polar surface area (TPSA) is 113 Å². The molecule has 4 rings (SSSR count). The average molecular weight is 612 g/mol. The number of hydrogen-bond acceptors (Lipinski definition) is 7. The molecule has 1 aliphatic carbocycles. The monoisotopic (exact) mass is 611 g/mol. The molecule has 10 heteroatoms. The minimum atomic E-state index is -0.747. The Morgan fingerprint density at radius 3 is 2.56 bits per heavy atom. The number of ether oxygens (including phenoxy) is 1. The smallest absolute Gasteiger partial charge is 0.246 e. The van der Waals surface area contributed by atoms with Gasteiger partial charge in [-0.05, 0) is 48.8 Å². The van der Waals surface area contributed by atoms with E-state index in [9.17, 15) is 14.4 Å². The number of hydrogen-bond donors (Lipinski definition) is 3. The van der Waals surface area contributed by atoms with E-state index in [1.807, 2.05) is 6.07 Å². The molecule has 2 unspecified atom stereocenters. The summed E-state index contributed by atoms with van der Waals surface area (Å²) in [6.07, 6.45) is 6.60. The van der Waals surface area contributed by atoms with Crippen molar-refractivity contribution in [1.29, 1.82) is 0 Å². The third-order valence-electron chi connectivity index (χ3n) is 8.66. The van der Waals surface area contributed by atoms with Gasteiger partial charge in [0.25, 0.3) is 0 Å². The van der Waals surface area contributed by atoms with E-state index in [4.69, 9.17) is 9.72 Å². The van der Waals surface area contributed by atoms with Crippen molar-refractivity contribution in [2.45, 2.75) is 90.1 Å². The lowest BCUT2D eigenvalue weighted by molar-refractivity contribution is -0.129. The van der Waals surface area contributed by atoms with Crippen LogP contribution in [0, 0.1) is 5.92 Å². The Morgan fingerprint density at radius 1 is 1.12 bits per heavy atom. The number of carbonyl (C=O) groups is 3. The lowest BCUT2D eigenvalue weighted by Gasteiger charge is -2.32. The maximum Gasteiger partial charge on any atom is 0.246 e. The van der Waals surface area contributed by atoms with E-state index in [2.05, 4.69) is 53.4 Å². The van der Waals surface area contributed by atoms with Crippen molar-refractivity contribution in [2.75, 3.05) is 39.4 Å². The summed E-state index contributed by atoms with van der Waals surface area (Å²) in [5, 5.41) is 10.0. The fourth-order valence-corrected chi connectivity index (χ4v) is 6.89. The van der Waals surface area contributed by atoms with Gasteiger partial charge in [-0.25, -0.2) is 4.98 Å². The number of rotatable bonds is 14. The minimum Gasteiger partial charge on any atom is -0.379 e. The normalized spacial score (nSPS) is 17.9. The Kier molecular flexibility index (Phi) is 12.5. The van der Waals surface area contributed by atoms with Crippen molar-refractivity contribution in [1.82, 2.24) is 25.8 Å². The van der Waals surface area contributed by atoms with Crippen LogP contribution in [0.2, 0.25) is 0 Å². The number of benzene rings is 1. The molecular weight excluding hydrogens is 562 g/mol. The second-order valence-corrected chi connectivity index (χ2v) is 13.3. The molecule has 3 amide bonds. The van der Waals surface area contributed by atoms with Gasteiger partial charge < -0.3 is 20.7 Å². The van der Waals surface area contributed by atoms with Gasteiger partial charge in [-0.1, -0.05) is 52.7 Å². The summed E-state index contributed by atoms with van der Waals surface area (Å²) in [6, 6.07) is 5.31. The predicted molar refractivity (Wildman–Crippen MR) is 172 cm³/mol. The SMILES string of the molecule is C=C(CCN1CCOCC1)C(=O)NCC(NC(=O)C(Cc1nc2ccc(C(C)C)cc2s1)NC(=O)CC)C1CCCCC1. The molecule has 0 bridgehead atoms. The fourth-order valence-electron chi connectivity index (χ4n) is 5.83. The fraction of sp³-hybridized carbons (Fsp3) is 0.636. The van der Waals surface area contributed by atoms with Gasteiger partial charge >= 0.3 is 0 Å². The van der Waals surface area contributed by atoms with E-state index >= 15 is 0 Å². The van der Waals surface area contributed by atoms with E-state index < -0.39 is 6.04 Å². The van der Waals surface area contributed by atoms with Gasteiger partial charge in [0, 0.05) is 50.6 Å². The molecule has 1 aromatic heterocycles. The number of morpholine rings is 1. The van der Waals surface area contributed by atoms with Gasteiger partial charge in [-0.15, -0.1) is 11.3 Å². The third kappa shape index (κ3) is 9.84. The molecule has 9 nitrogen and oxygen atoms in total. The first-order valence-electron chi connectivity index (χ1n) is 16.0. The molecule has 1 saturated carbocycles. The number of thiazole rings is 1. The maximum atomic E-state index is 13.8. The molecule has 2 aliphatic rings. The van der Waals surface area contributed by atoms with E-state index in [0.717, 1.165) is 73.8 Å². The molecule has 2 heterocycles. The van der Waals surface area contributed by atoms with Crippen molar-refractivity contribution in [3.63, 3.8) is 0 Å². The van der Waals surface area contributed by atoms with E-state index in [0.29, 0.717) is 30.9 Å². The highest BCUT2D eigenvalue weighted by molar-refractivity contribution is 7.18. The first-order chi connectivity index (χ1) is 20.7. The molecule has 43 heavy (non-hydrogen) atoms. The van der Waals surface area contributed by atoms with Crippen LogP contribution in [0.15, 0.2) is 30.4 Å². The molecule has 1 aromatic carbocycles. The summed E-state index contributed by atoms with van der Waals surface area (Å²) in [7, 11) is 0. The highest BCUT2D eigenvalue weighted by Gasteiger charge is 2.30. The molecule has 2 fully saturated rings. The Labute approximate surface area is 260 Å². The quantitative estimate of drug-likeness (QED) is 0.275. The largest absolute Gasteiger partial charge is 0.379 e. The van der Waals surface area contributed by atoms with Crippen molar-refractivity contribution in [3.8, 4) is 0 Å². The van der Waals surface area contributed by atoms with Gasteiger partial charge in [0.1, 0.15) is 6.04 Å². The van der Waals surface area contributed by atoms with Crippen molar-refractivity contribution >= 4 is 39.3 Å². The second-order valence-electron chi connectivity index (χ2n) is 12.2. The molecule has 0 spiro atoms. The molecule has 2 atom stereocenters. The van der Waals surface area contributed by atoms with E-state index in [1.165, 1.54) is 12.0 Å². The summed E-state index contributed by atoms with van der Waals surface area (Å²) < 4.78 is 6.49. The molecule has 2 aromatic rings. The van der Waals surface area contributed by atoms with Crippen molar-refractivity contribution < 1.29 is 19.1 Å². The Morgan fingerprint density at radius 2 is 1.86 bits per heavy atom. The summed E-state index contributed by atoms with van der Waals surface area (Å²) in [5.41, 5.74) is 2.70. The molecule has 0 radical (unpaired) electrons. The van der Waals surface area contributed by atoms with Crippen LogP contribution in [0.25, 0.3) is 10.2 Å². The average Bonchev–Trinajstić information content (AvgIpc) is 3.43. The van der Waals surface area contributed by atoms with Crippen LogP contribution in [0.1, 0.15) is 82.2 Å². The summed E-state index contributed by atoms with van der Waals surface area (Å²) in [5.74, 6) is 0.0900. The van der Waals surface area contributed by atoms with Crippen LogP contribution in [-0.4, -0.2) is 79.1 Å². The zero-order valence-corrected chi connectivity index (χ0v) is 26.9. The summed E-state index contributed by atoms with van der Waals surface area (Å²) in [4.78, 5) is 46.3. The van der Waals surface area contributed by atoms with Gasteiger partial charge in [0.15, 0.2) is 0 Å². The van der Waals surface area contributed by atoms with Crippen LogP contribution >= 0.6 is 11.3 Å². The van der Waals surface area contributed by atoms with E-state index in [1.54, 1.807) is 18.3 Å². The molecule has 1 aliphatic heterocycles. The molecule has 236 valence electrons. The lowest BCUT2D eigenvalue weighted by Crippen LogP contribution is -2.55. The molecular formula is C33H49N5O4S. The number of nitrogens with one attached hydrogen (secondary N) is 3. The van der Waals surface area contributed by atoms with Gasteiger partial charge in [-0.2, -0.15) is 0 Å². The zero-order valence-electron chi connectivity index (χ0n) is 26.1. The molecule has 3 N–H and O–H groups in total. The van der Waals surface area contributed by atoms with Crippen molar-refractivity contribution in [2.24, 2.45) is 5.92 Å². The second kappa shape index (κ2) is 16.3. The lowest BCUT2D eigenvalue weighted by atomic mass is 9.83. The van der Waals surface area contributed by atoms with Crippen LogP contribution in [0.4, 0.5) is 0 Å². The molecule has 1 saturated heterocycles. The number of aromatic nitrogens is 1. The third-order valence-corrected chi connectivity index (χ3v) is 9.70. The highest BCUT2D eigenvalue weighted by Crippen LogP contribution is 2.28. The van der Waals surface area contributed by atoms with E-state index in [-0.39, 0.29) is 36.1 Å². The highest BCUT2D eigenvalue weighted by atomic mass is 32.1. The number of amides is 3. The zero-order chi connectivity index (χ0) is 30.8. The number of fused-ring (bicyclic) bond motifs is 1. The van der Waals surface area contributed by atoms with Crippen LogP contribution in [0.5, 0.6) is 0 Å². The number of carbonyl (C=O) groups excluding carboxylic acids is 3.